The summed E-state index contributed by atoms with van der Waals surface area (Å²) in [6, 6.07) is 11.0. The molecule has 0 bridgehead atoms. The summed E-state index contributed by atoms with van der Waals surface area (Å²) in [6.07, 6.45) is 0. The number of thiophene rings is 1. The van der Waals surface area contributed by atoms with E-state index < -0.39 is 21.2 Å². The van der Waals surface area contributed by atoms with E-state index in [1.807, 2.05) is 38.1 Å². The number of hydrogen-bond acceptors (Lipinski definition) is 7. The lowest BCUT2D eigenvalue weighted by atomic mass is 9.98. The largest absolute Gasteiger partial charge is 0.394 e. The van der Waals surface area contributed by atoms with E-state index in [9.17, 15) is 18.6 Å². The van der Waals surface area contributed by atoms with Gasteiger partial charge in [-0.2, -0.15) is 4.31 Å². The molecule has 2 heterocycles. The fourth-order valence-corrected chi connectivity index (χ4v) is 6.22. The van der Waals surface area contributed by atoms with Crippen molar-refractivity contribution in [1.29, 1.82) is 0 Å². The molecule has 31 heavy (non-hydrogen) atoms. The van der Waals surface area contributed by atoms with E-state index in [1.54, 1.807) is 35.7 Å². The van der Waals surface area contributed by atoms with Gasteiger partial charge in [0.05, 0.1) is 18.2 Å². The van der Waals surface area contributed by atoms with E-state index in [-0.39, 0.29) is 12.6 Å². The van der Waals surface area contributed by atoms with Gasteiger partial charge >= 0.3 is 0 Å². The minimum Gasteiger partial charge on any atom is -0.394 e. The second kappa shape index (κ2) is 9.17. The normalized spacial score (nSPS) is 19.0. The van der Waals surface area contributed by atoms with Crippen molar-refractivity contribution >= 4 is 27.0 Å². The van der Waals surface area contributed by atoms with Gasteiger partial charge in [-0.15, -0.1) is 11.3 Å². The molecule has 0 radical (unpaired) electrons. The van der Waals surface area contributed by atoms with Gasteiger partial charge in [-0.1, -0.05) is 18.2 Å². The number of anilines is 1. The average Bonchev–Trinajstić information content (AvgIpc) is 3.27. The number of benzene rings is 1. The molecule has 2 aromatic rings. The molecule has 1 fully saturated rings. The standard InChI is InChI=1S/C22H33N3O4S2/c1-21(2,16-26)23-14-19-15-24(31(28,29)20-6-5-13-30-20)11-12-25(19)18-9-7-17(8-10-18)22(3,4)27/h5-10,13,19,23,26-27H,11-12,14-16H2,1-4H3/t19-/m0/s1. The Morgan fingerprint density at radius 3 is 2.35 bits per heavy atom. The predicted molar refractivity (Wildman–Crippen MR) is 125 cm³/mol. The lowest BCUT2D eigenvalue weighted by Crippen LogP contribution is -2.60. The molecule has 1 aromatic heterocycles. The topological polar surface area (TPSA) is 93.1 Å². The summed E-state index contributed by atoms with van der Waals surface area (Å²) in [6.45, 7) is 9.14. The van der Waals surface area contributed by atoms with Crippen molar-refractivity contribution in [2.45, 2.75) is 49.1 Å². The summed E-state index contributed by atoms with van der Waals surface area (Å²) in [7, 11) is -3.53. The number of piperazine rings is 1. The Morgan fingerprint density at radius 1 is 1.13 bits per heavy atom. The zero-order valence-corrected chi connectivity index (χ0v) is 20.2. The highest BCUT2D eigenvalue weighted by atomic mass is 32.2. The Balaban J connectivity index is 1.85. The van der Waals surface area contributed by atoms with Crippen LogP contribution >= 0.6 is 11.3 Å². The molecule has 1 aliphatic rings. The number of rotatable bonds is 8. The number of aliphatic hydroxyl groups is 2. The molecule has 0 amide bonds. The molecule has 3 N–H and O–H groups in total. The highest BCUT2D eigenvalue weighted by Gasteiger charge is 2.35. The fraction of sp³-hybridized carbons (Fsp3) is 0.545. The summed E-state index contributed by atoms with van der Waals surface area (Å²) >= 11 is 1.23. The van der Waals surface area contributed by atoms with E-state index in [4.69, 9.17) is 0 Å². The molecule has 9 heteroatoms. The minimum atomic E-state index is -3.53. The zero-order valence-electron chi connectivity index (χ0n) is 18.6. The molecule has 1 saturated heterocycles. The molecule has 7 nitrogen and oxygen atoms in total. The van der Waals surface area contributed by atoms with Crippen LogP contribution in [0.4, 0.5) is 5.69 Å². The molecule has 0 unspecified atom stereocenters. The quantitative estimate of drug-likeness (QED) is 0.551. The number of aliphatic hydroxyl groups excluding tert-OH is 1. The first kappa shape index (κ1) is 24.2. The molecule has 1 aromatic carbocycles. The van der Waals surface area contributed by atoms with Gasteiger partial charge in [-0.25, -0.2) is 8.42 Å². The second-order valence-corrected chi connectivity index (χ2v) is 12.3. The SMILES string of the molecule is CC(C)(CO)NC[C@H]1CN(S(=O)(=O)c2cccs2)CCN1c1ccc(C(C)(C)O)cc1. The average molecular weight is 468 g/mol. The van der Waals surface area contributed by atoms with Crippen molar-refractivity contribution < 1.29 is 18.6 Å². The molecule has 172 valence electrons. The van der Waals surface area contributed by atoms with E-state index in [2.05, 4.69) is 10.2 Å². The van der Waals surface area contributed by atoms with Crippen LogP contribution in [0.5, 0.6) is 0 Å². The van der Waals surface area contributed by atoms with E-state index in [0.717, 1.165) is 11.3 Å². The Bertz CT molecular complexity index is 952. The molecule has 0 aliphatic carbocycles. The van der Waals surface area contributed by atoms with Crippen LogP contribution in [0.2, 0.25) is 0 Å². The summed E-state index contributed by atoms with van der Waals surface area (Å²) < 4.78 is 28.1. The van der Waals surface area contributed by atoms with Crippen molar-refractivity contribution in [3.63, 3.8) is 0 Å². The number of hydrogen-bond donors (Lipinski definition) is 3. The van der Waals surface area contributed by atoms with Crippen LogP contribution < -0.4 is 10.2 Å². The Labute approximate surface area is 189 Å². The number of nitrogens with one attached hydrogen (secondary N) is 1. The van der Waals surface area contributed by atoms with Gasteiger partial charge in [0.25, 0.3) is 10.0 Å². The minimum absolute atomic E-state index is 0.0167. The maximum Gasteiger partial charge on any atom is 0.252 e. The fourth-order valence-electron chi connectivity index (χ4n) is 3.61. The summed E-state index contributed by atoms with van der Waals surface area (Å²) in [4.78, 5) is 2.20. The van der Waals surface area contributed by atoms with Crippen LogP contribution in [0.25, 0.3) is 0 Å². The molecule has 0 saturated carbocycles. The van der Waals surface area contributed by atoms with Gasteiger partial charge in [0, 0.05) is 37.4 Å². The lowest BCUT2D eigenvalue weighted by Gasteiger charge is -2.43. The monoisotopic (exact) mass is 467 g/mol. The Kier molecular flexibility index (Phi) is 7.15. The molecular formula is C22H33N3O4S2. The van der Waals surface area contributed by atoms with Crippen molar-refractivity contribution in [2.75, 3.05) is 37.7 Å². The van der Waals surface area contributed by atoms with Crippen LogP contribution in [-0.2, 0) is 15.6 Å². The Hall–Kier alpha value is -1.49. The van der Waals surface area contributed by atoms with E-state index in [0.29, 0.717) is 30.4 Å². The first-order valence-electron chi connectivity index (χ1n) is 10.4. The Morgan fingerprint density at radius 2 is 1.81 bits per heavy atom. The van der Waals surface area contributed by atoms with Crippen LogP contribution in [0.15, 0.2) is 46.0 Å². The van der Waals surface area contributed by atoms with E-state index >= 15 is 0 Å². The van der Waals surface area contributed by atoms with E-state index in [1.165, 1.54) is 11.3 Å². The predicted octanol–water partition coefficient (Wildman–Crippen LogP) is 2.22. The first-order chi connectivity index (χ1) is 14.4. The van der Waals surface area contributed by atoms with Crippen LogP contribution in [0.1, 0.15) is 33.3 Å². The highest BCUT2D eigenvalue weighted by molar-refractivity contribution is 7.91. The highest BCUT2D eigenvalue weighted by Crippen LogP contribution is 2.28. The smallest absolute Gasteiger partial charge is 0.252 e. The van der Waals surface area contributed by atoms with Crippen LogP contribution in [0.3, 0.4) is 0 Å². The first-order valence-corrected chi connectivity index (χ1v) is 12.8. The van der Waals surface area contributed by atoms with Gasteiger partial charge in [0.1, 0.15) is 4.21 Å². The van der Waals surface area contributed by atoms with Gasteiger partial charge in [-0.3, -0.25) is 0 Å². The third kappa shape index (κ3) is 5.66. The molecule has 1 aliphatic heterocycles. The third-order valence-corrected chi connectivity index (χ3v) is 8.89. The van der Waals surface area contributed by atoms with Crippen molar-refractivity contribution in [1.82, 2.24) is 9.62 Å². The molecule has 1 atom stereocenters. The van der Waals surface area contributed by atoms with Crippen molar-refractivity contribution in [3.8, 4) is 0 Å². The van der Waals surface area contributed by atoms with Gasteiger partial charge in [0.15, 0.2) is 0 Å². The van der Waals surface area contributed by atoms with Crippen LogP contribution in [-0.4, -0.2) is 67.3 Å². The molecule has 3 rings (SSSR count). The zero-order chi connectivity index (χ0) is 22.9. The number of nitrogens with zero attached hydrogens (tertiary/aromatic N) is 2. The van der Waals surface area contributed by atoms with Crippen molar-refractivity contribution in [3.05, 3.63) is 47.3 Å². The van der Waals surface area contributed by atoms with Crippen LogP contribution in [0, 0.1) is 0 Å². The molecular weight excluding hydrogens is 434 g/mol. The second-order valence-electron chi connectivity index (χ2n) is 9.17. The maximum absolute atomic E-state index is 13.1. The van der Waals surface area contributed by atoms with Crippen molar-refractivity contribution in [2.24, 2.45) is 0 Å². The third-order valence-electron chi connectivity index (χ3n) is 5.65. The van der Waals surface area contributed by atoms with Gasteiger partial charge in [-0.05, 0) is 56.8 Å². The number of sulfonamides is 1. The van der Waals surface area contributed by atoms with Gasteiger partial charge < -0.3 is 20.4 Å². The summed E-state index contributed by atoms with van der Waals surface area (Å²) in [5.41, 5.74) is 0.421. The maximum atomic E-state index is 13.1. The summed E-state index contributed by atoms with van der Waals surface area (Å²) in [5, 5.41) is 25.0. The summed E-state index contributed by atoms with van der Waals surface area (Å²) in [5.74, 6) is 0. The lowest BCUT2D eigenvalue weighted by molar-refractivity contribution is 0.0786. The van der Waals surface area contributed by atoms with Gasteiger partial charge in [0.2, 0.25) is 0 Å². The molecule has 0 spiro atoms.